The van der Waals surface area contributed by atoms with Crippen LogP contribution in [0.15, 0.2) is 91.0 Å². The predicted octanol–water partition coefficient (Wildman–Crippen LogP) is 3.39. The highest BCUT2D eigenvalue weighted by Crippen LogP contribution is 2.45. The predicted molar refractivity (Wildman–Crippen MR) is 113 cm³/mol. The number of hydrogen-bond acceptors (Lipinski definition) is 4. The van der Waals surface area contributed by atoms with Crippen LogP contribution in [0, 0.1) is 11.8 Å². The zero-order valence-corrected chi connectivity index (χ0v) is 16.1. The van der Waals surface area contributed by atoms with Crippen LogP contribution in [0.4, 0.5) is 5.69 Å². The number of fused-ring (bicyclic) bond motifs is 1. The van der Waals surface area contributed by atoms with Gasteiger partial charge >= 0.3 is 0 Å². The molecule has 148 valence electrons. The van der Waals surface area contributed by atoms with E-state index in [1.807, 2.05) is 42.5 Å². The van der Waals surface area contributed by atoms with E-state index in [-0.39, 0.29) is 17.6 Å². The summed E-state index contributed by atoms with van der Waals surface area (Å²) in [6.07, 6.45) is 0. The van der Waals surface area contributed by atoms with Crippen molar-refractivity contribution in [2.24, 2.45) is 11.8 Å². The fourth-order valence-electron chi connectivity index (χ4n) is 4.63. The van der Waals surface area contributed by atoms with Gasteiger partial charge in [-0.15, -0.1) is 0 Å². The Balaban J connectivity index is 1.58. The van der Waals surface area contributed by atoms with Gasteiger partial charge in [-0.1, -0.05) is 78.9 Å². The number of amides is 2. The molecule has 2 heterocycles. The molecule has 0 bridgehead atoms. The van der Waals surface area contributed by atoms with Crippen molar-refractivity contribution in [1.82, 2.24) is 5.32 Å². The Morgan fingerprint density at radius 2 is 1.23 bits per heavy atom. The van der Waals surface area contributed by atoms with Crippen LogP contribution in [0.3, 0.4) is 0 Å². The first-order chi connectivity index (χ1) is 14.7. The summed E-state index contributed by atoms with van der Waals surface area (Å²) in [5.74, 6) is -2.12. The number of anilines is 1. The zero-order chi connectivity index (χ0) is 20.7. The first-order valence-corrected chi connectivity index (χ1v) is 10.00. The lowest BCUT2D eigenvalue weighted by Gasteiger charge is -2.22. The monoisotopic (exact) mass is 396 g/mol. The number of rotatable bonds is 4. The van der Waals surface area contributed by atoms with Crippen LogP contribution in [-0.4, -0.2) is 23.6 Å². The van der Waals surface area contributed by atoms with E-state index >= 15 is 0 Å². The molecule has 3 aromatic rings. The number of benzene rings is 3. The zero-order valence-electron chi connectivity index (χ0n) is 16.1. The van der Waals surface area contributed by atoms with Gasteiger partial charge in [0.2, 0.25) is 11.8 Å². The van der Waals surface area contributed by atoms with Crippen molar-refractivity contribution >= 4 is 23.3 Å². The van der Waals surface area contributed by atoms with Gasteiger partial charge in [0.1, 0.15) is 0 Å². The smallest absolute Gasteiger partial charge is 0.239 e. The summed E-state index contributed by atoms with van der Waals surface area (Å²) < 4.78 is 0. The van der Waals surface area contributed by atoms with E-state index in [2.05, 4.69) is 5.32 Å². The average molecular weight is 396 g/mol. The molecule has 30 heavy (non-hydrogen) atoms. The summed E-state index contributed by atoms with van der Waals surface area (Å²) in [5, 5.41) is 3.32. The van der Waals surface area contributed by atoms with Crippen molar-refractivity contribution in [2.75, 3.05) is 4.90 Å². The molecule has 5 rings (SSSR count). The number of nitrogens with one attached hydrogen (secondary N) is 1. The van der Waals surface area contributed by atoms with Gasteiger partial charge in [0.15, 0.2) is 5.78 Å². The minimum absolute atomic E-state index is 0.167. The number of carbonyl (C=O) groups excluding carboxylic acids is 3. The average Bonchev–Trinajstić information content (AvgIpc) is 3.32. The third-order valence-electron chi connectivity index (χ3n) is 5.99. The Morgan fingerprint density at radius 3 is 1.87 bits per heavy atom. The van der Waals surface area contributed by atoms with Gasteiger partial charge in [0, 0.05) is 11.6 Å². The number of carbonyl (C=O) groups is 3. The highest BCUT2D eigenvalue weighted by molar-refractivity contribution is 6.24. The molecule has 3 aromatic carbocycles. The quantitative estimate of drug-likeness (QED) is 0.542. The highest BCUT2D eigenvalue weighted by atomic mass is 16.2. The van der Waals surface area contributed by atoms with Gasteiger partial charge in [-0.3, -0.25) is 19.7 Å². The van der Waals surface area contributed by atoms with Crippen LogP contribution < -0.4 is 10.2 Å². The first-order valence-electron chi connectivity index (χ1n) is 10.00. The summed E-state index contributed by atoms with van der Waals surface area (Å²) in [5.41, 5.74) is 1.97. The maximum absolute atomic E-state index is 13.4. The summed E-state index contributed by atoms with van der Waals surface area (Å²) >= 11 is 0. The molecule has 2 amide bonds. The van der Waals surface area contributed by atoms with E-state index in [4.69, 9.17) is 0 Å². The largest absolute Gasteiger partial charge is 0.299 e. The lowest BCUT2D eigenvalue weighted by molar-refractivity contribution is -0.123. The molecule has 0 unspecified atom stereocenters. The molecular weight excluding hydrogens is 376 g/mol. The second-order valence-electron chi connectivity index (χ2n) is 7.66. The Morgan fingerprint density at radius 1 is 0.700 bits per heavy atom. The molecule has 0 aliphatic carbocycles. The Bertz CT molecular complexity index is 1100. The second kappa shape index (κ2) is 7.35. The number of Topliss-reactive ketones (excluding diaryl/α,β-unsaturated/α-hetero) is 1. The first kappa shape index (κ1) is 18.5. The molecule has 0 aromatic heterocycles. The molecule has 2 fully saturated rings. The number of para-hydroxylation sites is 1. The van der Waals surface area contributed by atoms with Crippen molar-refractivity contribution < 1.29 is 14.4 Å². The van der Waals surface area contributed by atoms with Gasteiger partial charge in [-0.05, 0) is 17.7 Å². The Kier molecular flexibility index (Phi) is 4.52. The van der Waals surface area contributed by atoms with E-state index in [0.717, 1.165) is 5.56 Å². The maximum atomic E-state index is 13.4. The van der Waals surface area contributed by atoms with Crippen LogP contribution in [0.5, 0.6) is 0 Å². The van der Waals surface area contributed by atoms with E-state index in [0.29, 0.717) is 11.3 Å². The third-order valence-corrected chi connectivity index (χ3v) is 5.99. The standard InChI is InChI=1S/C25H20N2O3/c28-23(17-12-6-2-7-13-17)22-20-19(21(26-22)16-10-4-1-5-11-16)24(29)27(25(20)30)18-14-8-3-9-15-18/h1-15,19-22,26H/t19-,20+,21-,22-/m0/s1. The molecule has 0 spiro atoms. The molecule has 1 N–H and O–H groups in total. The SMILES string of the molecule is O=C(c1ccccc1)[C@H]1N[C@@H](c2ccccc2)[C@H]2C(=O)N(c3ccccc3)C(=O)[C@H]21. The molecule has 4 atom stereocenters. The van der Waals surface area contributed by atoms with Crippen molar-refractivity contribution in [3.05, 3.63) is 102 Å². The van der Waals surface area contributed by atoms with Crippen LogP contribution in [0.2, 0.25) is 0 Å². The Labute approximate surface area is 174 Å². The second-order valence-corrected chi connectivity index (χ2v) is 7.66. The minimum atomic E-state index is -0.757. The fraction of sp³-hybridized carbons (Fsp3) is 0.160. The molecular formula is C25H20N2O3. The topological polar surface area (TPSA) is 66.5 Å². The molecule has 2 saturated heterocycles. The minimum Gasteiger partial charge on any atom is -0.299 e. The number of nitrogens with zero attached hydrogens (tertiary/aromatic N) is 1. The van der Waals surface area contributed by atoms with Crippen molar-refractivity contribution in [1.29, 1.82) is 0 Å². The van der Waals surface area contributed by atoms with E-state index in [1.54, 1.807) is 48.5 Å². The van der Waals surface area contributed by atoms with Crippen LogP contribution in [0.1, 0.15) is 22.0 Å². The van der Waals surface area contributed by atoms with E-state index in [1.165, 1.54) is 4.90 Å². The van der Waals surface area contributed by atoms with Gasteiger partial charge in [0.05, 0.1) is 23.6 Å². The van der Waals surface area contributed by atoms with Gasteiger partial charge in [0.25, 0.3) is 0 Å². The normalized spacial score (nSPS) is 25.4. The summed E-state index contributed by atoms with van der Waals surface area (Å²) in [4.78, 5) is 41.4. The molecule has 5 heteroatoms. The summed E-state index contributed by atoms with van der Waals surface area (Å²) in [6.45, 7) is 0. The van der Waals surface area contributed by atoms with Crippen molar-refractivity contribution in [3.8, 4) is 0 Å². The number of imide groups is 1. The van der Waals surface area contributed by atoms with Crippen LogP contribution in [-0.2, 0) is 9.59 Å². The maximum Gasteiger partial charge on any atom is 0.239 e. The summed E-state index contributed by atoms with van der Waals surface area (Å²) in [6, 6.07) is 26.2. The molecule has 0 radical (unpaired) electrons. The van der Waals surface area contributed by atoms with Gasteiger partial charge in [-0.25, -0.2) is 4.90 Å². The van der Waals surface area contributed by atoms with Crippen LogP contribution >= 0.6 is 0 Å². The number of ketones is 1. The lowest BCUT2D eigenvalue weighted by Crippen LogP contribution is -2.43. The molecule has 5 nitrogen and oxygen atoms in total. The van der Waals surface area contributed by atoms with Gasteiger partial charge in [-0.2, -0.15) is 0 Å². The third kappa shape index (κ3) is 2.86. The Hall–Kier alpha value is -3.57. The molecule has 2 aliphatic rings. The van der Waals surface area contributed by atoms with Gasteiger partial charge < -0.3 is 0 Å². The number of hydrogen-bond donors (Lipinski definition) is 1. The lowest BCUT2D eigenvalue weighted by atomic mass is 9.84. The molecule has 0 saturated carbocycles. The van der Waals surface area contributed by atoms with Crippen LogP contribution in [0.25, 0.3) is 0 Å². The van der Waals surface area contributed by atoms with E-state index < -0.39 is 23.9 Å². The van der Waals surface area contributed by atoms with E-state index in [9.17, 15) is 14.4 Å². The highest BCUT2D eigenvalue weighted by Gasteiger charge is 2.61. The molecule has 2 aliphatic heterocycles. The van der Waals surface area contributed by atoms with Crippen molar-refractivity contribution in [3.63, 3.8) is 0 Å². The fourth-order valence-corrected chi connectivity index (χ4v) is 4.63. The van der Waals surface area contributed by atoms with Crippen molar-refractivity contribution in [2.45, 2.75) is 12.1 Å². The summed E-state index contributed by atoms with van der Waals surface area (Å²) in [7, 11) is 0.